The number of piperidine rings is 1. The molecule has 1 fully saturated rings. The van der Waals surface area contributed by atoms with Crippen LogP contribution in [0.25, 0.3) is 22.2 Å². The third-order valence-corrected chi connectivity index (χ3v) is 5.80. The van der Waals surface area contributed by atoms with Gasteiger partial charge in [0, 0.05) is 29.3 Å². The van der Waals surface area contributed by atoms with Gasteiger partial charge in [0.25, 0.3) is 5.91 Å². The maximum Gasteiger partial charge on any atom is 0.259 e. The molecule has 0 radical (unpaired) electrons. The summed E-state index contributed by atoms with van der Waals surface area (Å²) in [4.78, 5) is 20.4. The Hall–Kier alpha value is -3.65. The van der Waals surface area contributed by atoms with Gasteiger partial charge in [-0.2, -0.15) is 5.21 Å². The fourth-order valence-electron chi connectivity index (χ4n) is 4.24. The van der Waals surface area contributed by atoms with E-state index in [4.69, 9.17) is 4.98 Å². The average molecular weight is 413 g/mol. The molecule has 8 nitrogen and oxygen atoms in total. The van der Waals surface area contributed by atoms with Crippen LogP contribution in [0.3, 0.4) is 0 Å². The number of aryl methyl sites for hydroxylation is 1. The van der Waals surface area contributed by atoms with Crippen LogP contribution in [0.15, 0.2) is 54.7 Å². The summed E-state index contributed by atoms with van der Waals surface area (Å²) < 4.78 is 0. The zero-order chi connectivity index (χ0) is 21.2. The topological polar surface area (TPSA) is 99.7 Å². The fourth-order valence-corrected chi connectivity index (χ4v) is 4.24. The highest BCUT2D eigenvalue weighted by Crippen LogP contribution is 2.31. The van der Waals surface area contributed by atoms with Gasteiger partial charge in [-0.3, -0.25) is 9.69 Å². The Kier molecular flexibility index (Phi) is 5.13. The molecule has 0 unspecified atom stereocenters. The van der Waals surface area contributed by atoms with Crippen molar-refractivity contribution in [3.8, 4) is 11.4 Å². The number of benzene rings is 2. The fraction of sp³-hybridized carbons (Fsp3) is 0.261. The van der Waals surface area contributed by atoms with Crippen molar-refractivity contribution in [3.05, 3.63) is 65.9 Å². The lowest BCUT2D eigenvalue weighted by Gasteiger charge is -2.35. The van der Waals surface area contributed by atoms with Gasteiger partial charge < -0.3 is 5.32 Å². The van der Waals surface area contributed by atoms with E-state index >= 15 is 0 Å². The number of nitrogens with zero attached hydrogens (tertiary/aromatic N) is 5. The van der Waals surface area contributed by atoms with Crippen LogP contribution in [0, 0.1) is 6.92 Å². The van der Waals surface area contributed by atoms with Gasteiger partial charge in [0.15, 0.2) is 0 Å². The summed E-state index contributed by atoms with van der Waals surface area (Å²) in [5.74, 6) is 1.16. The zero-order valence-electron chi connectivity index (χ0n) is 17.2. The van der Waals surface area contributed by atoms with Crippen LogP contribution in [-0.4, -0.2) is 50.6 Å². The van der Waals surface area contributed by atoms with E-state index in [0.717, 1.165) is 53.6 Å². The van der Waals surface area contributed by atoms with Crippen molar-refractivity contribution in [2.45, 2.75) is 25.8 Å². The number of aromatic nitrogens is 5. The molecule has 0 bridgehead atoms. The predicted molar refractivity (Wildman–Crippen MR) is 119 cm³/mol. The molecule has 31 heavy (non-hydrogen) atoms. The molecular formula is C23H23N7O. The second kappa shape index (κ2) is 8.23. The molecule has 2 N–H and O–H groups in total. The molecule has 4 aromatic rings. The van der Waals surface area contributed by atoms with E-state index in [1.807, 2.05) is 41.3 Å². The number of hydrogen-bond donors (Lipinski definition) is 2. The smallest absolute Gasteiger partial charge is 0.259 e. The average Bonchev–Trinajstić information content (AvgIpc) is 3.35. The molecule has 5 rings (SSSR count). The minimum atomic E-state index is -0.0587. The first-order valence-electron chi connectivity index (χ1n) is 10.4. The van der Waals surface area contributed by atoms with Gasteiger partial charge >= 0.3 is 0 Å². The lowest BCUT2D eigenvalue weighted by molar-refractivity contribution is 0.0972. The van der Waals surface area contributed by atoms with Crippen LogP contribution in [0.2, 0.25) is 0 Å². The van der Waals surface area contributed by atoms with Gasteiger partial charge in [-0.1, -0.05) is 30.3 Å². The van der Waals surface area contributed by atoms with Crippen LogP contribution >= 0.6 is 0 Å². The van der Waals surface area contributed by atoms with Crippen LogP contribution in [0.1, 0.15) is 28.8 Å². The minimum absolute atomic E-state index is 0.0378. The van der Waals surface area contributed by atoms with E-state index in [-0.39, 0.29) is 11.9 Å². The highest BCUT2D eigenvalue weighted by molar-refractivity contribution is 6.10. The number of carbonyl (C=O) groups is 1. The van der Waals surface area contributed by atoms with E-state index in [1.165, 1.54) is 0 Å². The van der Waals surface area contributed by atoms with Gasteiger partial charge in [-0.15, -0.1) is 10.2 Å². The van der Waals surface area contributed by atoms with E-state index in [9.17, 15) is 4.79 Å². The van der Waals surface area contributed by atoms with Crippen molar-refractivity contribution < 1.29 is 4.79 Å². The van der Waals surface area contributed by atoms with Crippen molar-refractivity contribution in [1.29, 1.82) is 0 Å². The highest BCUT2D eigenvalue weighted by Gasteiger charge is 2.30. The number of pyridine rings is 1. The molecular weight excluding hydrogens is 390 g/mol. The van der Waals surface area contributed by atoms with Crippen LogP contribution in [0.5, 0.6) is 0 Å². The third-order valence-electron chi connectivity index (χ3n) is 5.80. The lowest BCUT2D eigenvalue weighted by Crippen LogP contribution is -2.49. The van der Waals surface area contributed by atoms with Crippen LogP contribution in [-0.2, 0) is 0 Å². The van der Waals surface area contributed by atoms with Gasteiger partial charge in [0.1, 0.15) is 5.82 Å². The number of rotatable bonds is 4. The molecule has 0 saturated carbocycles. The van der Waals surface area contributed by atoms with Gasteiger partial charge in [0.2, 0.25) is 5.82 Å². The summed E-state index contributed by atoms with van der Waals surface area (Å²) in [6.07, 6.45) is 3.74. The molecule has 8 heteroatoms. The van der Waals surface area contributed by atoms with Crippen molar-refractivity contribution in [1.82, 2.24) is 30.9 Å². The number of aromatic amines is 1. The molecule has 2 aromatic carbocycles. The monoisotopic (exact) mass is 413 g/mol. The maximum absolute atomic E-state index is 13.8. The SMILES string of the molecule is Cc1cccc2ccnc(N(C(=O)c3ccc(-c4nn[nH]n4)cc3)[C@@H]3CCCNC3)c12. The Bertz CT molecular complexity index is 1190. The van der Waals surface area contributed by atoms with E-state index in [0.29, 0.717) is 11.4 Å². The Morgan fingerprint density at radius 1 is 1.13 bits per heavy atom. The first-order valence-corrected chi connectivity index (χ1v) is 10.4. The first kappa shape index (κ1) is 19.3. The molecule has 1 atom stereocenters. The van der Waals surface area contributed by atoms with Gasteiger partial charge in [-0.05, 0) is 60.7 Å². The quantitative estimate of drug-likeness (QED) is 0.533. The highest BCUT2D eigenvalue weighted by atomic mass is 16.2. The number of fused-ring (bicyclic) bond motifs is 1. The number of H-pyrrole nitrogens is 1. The molecule has 0 spiro atoms. The molecule has 156 valence electrons. The van der Waals surface area contributed by atoms with E-state index in [1.54, 1.807) is 6.20 Å². The van der Waals surface area contributed by atoms with Crippen molar-refractivity contribution in [3.63, 3.8) is 0 Å². The Morgan fingerprint density at radius 2 is 2.00 bits per heavy atom. The lowest BCUT2D eigenvalue weighted by atomic mass is 10.0. The standard InChI is InChI=1S/C23H23N7O/c1-15-4-2-5-16-11-13-25-22(20(15)16)30(19-6-3-12-24-14-19)23(31)18-9-7-17(8-10-18)21-26-28-29-27-21/h2,4-5,7-11,13,19,24H,3,6,12,14H2,1H3,(H,26,27,28,29)/t19-/m1/s1. The second-order valence-corrected chi connectivity index (χ2v) is 7.80. The van der Waals surface area contributed by atoms with E-state index in [2.05, 4.69) is 45.0 Å². The number of tetrazole rings is 1. The molecule has 3 heterocycles. The zero-order valence-corrected chi connectivity index (χ0v) is 17.2. The third kappa shape index (κ3) is 3.66. The summed E-state index contributed by atoms with van der Waals surface area (Å²) in [6.45, 7) is 3.78. The normalized spacial score (nSPS) is 16.4. The molecule has 2 aromatic heterocycles. The number of carbonyl (C=O) groups excluding carboxylic acids is 1. The van der Waals surface area contributed by atoms with Gasteiger partial charge in [0.05, 0.1) is 6.04 Å². The summed E-state index contributed by atoms with van der Waals surface area (Å²) in [5.41, 5.74) is 2.51. The molecule has 0 aliphatic carbocycles. The second-order valence-electron chi connectivity index (χ2n) is 7.80. The first-order chi connectivity index (χ1) is 15.2. The summed E-state index contributed by atoms with van der Waals surface area (Å²) >= 11 is 0. The summed E-state index contributed by atoms with van der Waals surface area (Å²) in [5, 5.41) is 19.6. The number of anilines is 1. The van der Waals surface area contributed by atoms with Crippen molar-refractivity contribution in [2.75, 3.05) is 18.0 Å². The predicted octanol–water partition coefficient (Wildman–Crippen LogP) is 3.12. The minimum Gasteiger partial charge on any atom is -0.315 e. The van der Waals surface area contributed by atoms with Gasteiger partial charge in [-0.25, -0.2) is 4.98 Å². The molecule has 1 saturated heterocycles. The van der Waals surface area contributed by atoms with Crippen molar-refractivity contribution >= 4 is 22.5 Å². The van der Waals surface area contributed by atoms with Crippen LogP contribution < -0.4 is 10.2 Å². The summed E-state index contributed by atoms with van der Waals surface area (Å²) in [6, 6.07) is 15.5. The summed E-state index contributed by atoms with van der Waals surface area (Å²) in [7, 11) is 0. The van der Waals surface area contributed by atoms with Crippen molar-refractivity contribution in [2.24, 2.45) is 0 Å². The number of hydrogen-bond acceptors (Lipinski definition) is 6. The van der Waals surface area contributed by atoms with E-state index < -0.39 is 0 Å². The Labute approximate surface area is 179 Å². The largest absolute Gasteiger partial charge is 0.315 e. The maximum atomic E-state index is 13.8. The molecule has 1 aliphatic rings. The Morgan fingerprint density at radius 3 is 2.74 bits per heavy atom. The Balaban J connectivity index is 1.58. The number of nitrogens with one attached hydrogen (secondary N) is 2. The van der Waals surface area contributed by atoms with Crippen LogP contribution in [0.4, 0.5) is 5.82 Å². The molecule has 1 amide bonds. The number of amides is 1. The molecule has 1 aliphatic heterocycles.